The van der Waals surface area contributed by atoms with Gasteiger partial charge < -0.3 is 25.4 Å². The number of aromatic nitrogens is 1. The van der Waals surface area contributed by atoms with Crippen LogP contribution in [0.4, 0.5) is 5.13 Å². The Kier molecular flexibility index (Phi) is 9.38. The highest BCUT2D eigenvalue weighted by molar-refractivity contribution is 8.00. The van der Waals surface area contributed by atoms with Gasteiger partial charge in [-0.15, -0.1) is 34.4 Å². The zero-order chi connectivity index (χ0) is 33.1. The Balaban J connectivity index is 1.34. The molecule has 0 aliphatic carbocycles. The number of nitrogen functional groups attached to an aromatic ring is 1. The zero-order valence-electron chi connectivity index (χ0n) is 24.9. The van der Waals surface area contributed by atoms with E-state index in [-0.39, 0.29) is 28.0 Å². The lowest BCUT2D eigenvalue weighted by Gasteiger charge is -2.49. The molecule has 1 saturated heterocycles. The Morgan fingerprint density at radius 2 is 1.68 bits per heavy atom. The Hall–Kier alpha value is -4.99. The molecule has 6 rings (SSSR count). The first kappa shape index (κ1) is 32.0. The Morgan fingerprint density at radius 3 is 2.28 bits per heavy atom. The van der Waals surface area contributed by atoms with Gasteiger partial charge in [-0.05, 0) is 23.3 Å². The summed E-state index contributed by atoms with van der Waals surface area (Å²) in [5.74, 6) is -2.17. The molecule has 1 fully saturated rings. The fourth-order valence-electron chi connectivity index (χ4n) is 5.16. The molecule has 2 aliphatic heterocycles. The van der Waals surface area contributed by atoms with E-state index in [0.29, 0.717) is 15.3 Å². The van der Waals surface area contributed by atoms with Crippen LogP contribution >= 0.6 is 34.4 Å². The monoisotopic (exact) mass is 689 g/mol. The van der Waals surface area contributed by atoms with Crippen LogP contribution in [-0.4, -0.2) is 70.7 Å². The first-order chi connectivity index (χ1) is 22.8. The number of hydrogen-bond donors (Lipinski definition) is 2. The van der Waals surface area contributed by atoms with E-state index in [2.05, 4.69) is 15.5 Å². The van der Waals surface area contributed by atoms with Gasteiger partial charge in [0.1, 0.15) is 34.8 Å². The second-order valence-corrected chi connectivity index (χ2v) is 13.2. The average molecular weight is 690 g/mol. The van der Waals surface area contributed by atoms with Gasteiger partial charge in [-0.2, -0.15) is 0 Å². The van der Waals surface area contributed by atoms with Gasteiger partial charge in [-0.3, -0.25) is 14.5 Å². The summed E-state index contributed by atoms with van der Waals surface area (Å²) in [4.78, 5) is 64.9. The largest absolute Gasteiger partial charge is 0.465 e. The molecule has 15 heteroatoms. The summed E-state index contributed by atoms with van der Waals surface area (Å²) in [5.41, 5.74) is 7.84. The second-order valence-electron chi connectivity index (χ2n) is 10.1. The molecule has 240 valence electrons. The highest BCUT2D eigenvalue weighted by atomic mass is 32.2. The second kappa shape index (κ2) is 13.8. The summed E-state index contributed by atoms with van der Waals surface area (Å²) in [7, 11) is 2.58. The van der Waals surface area contributed by atoms with Crippen molar-refractivity contribution in [3.05, 3.63) is 110 Å². The van der Waals surface area contributed by atoms with E-state index < -0.39 is 41.3 Å². The van der Waals surface area contributed by atoms with E-state index >= 15 is 0 Å². The number of hydrogen-bond acceptors (Lipinski definition) is 13. The molecular weight excluding hydrogens is 663 g/mol. The van der Waals surface area contributed by atoms with Crippen LogP contribution < -0.4 is 11.1 Å². The van der Waals surface area contributed by atoms with Crippen molar-refractivity contribution in [3.8, 4) is 0 Å². The SMILES string of the molecule is CO/N=C(\C(=O)N[C@@H]1C(=O)N2C(C(=O)OC(c3ccccc3)c3ccccc3)=C(c3ccc(C(=O)OC)s3)CS[C@H]12)c1csc(N)n1. The van der Waals surface area contributed by atoms with E-state index in [1.54, 1.807) is 17.5 Å². The molecule has 3 N–H and O–H groups in total. The van der Waals surface area contributed by atoms with E-state index in [4.69, 9.17) is 20.0 Å². The van der Waals surface area contributed by atoms with Gasteiger partial charge in [-0.1, -0.05) is 65.8 Å². The third-order valence-electron chi connectivity index (χ3n) is 7.33. The van der Waals surface area contributed by atoms with Crippen LogP contribution in [0.1, 0.15) is 37.5 Å². The predicted molar refractivity (Wildman–Crippen MR) is 178 cm³/mol. The highest BCUT2D eigenvalue weighted by Gasteiger charge is 2.55. The van der Waals surface area contributed by atoms with Gasteiger partial charge in [0.2, 0.25) is 0 Å². The number of thioether (sulfide) groups is 1. The van der Waals surface area contributed by atoms with Crippen LogP contribution in [0.5, 0.6) is 0 Å². The molecule has 2 aromatic heterocycles. The van der Waals surface area contributed by atoms with Crippen molar-refractivity contribution in [2.75, 3.05) is 25.7 Å². The number of carbonyl (C=O) groups excluding carboxylic acids is 4. The van der Waals surface area contributed by atoms with Crippen molar-refractivity contribution in [2.24, 2.45) is 5.16 Å². The number of rotatable bonds is 10. The molecule has 2 aromatic carbocycles. The number of anilines is 1. The number of nitrogens with one attached hydrogen (secondary N) is 1. The molecule has 0 spiro atoms. The summed E-state index contributed by atoms with van der Waals surface area (Å²) in [6.07, 6.45) is -0.772. The number of thiophene rings is 1. The lowest BCUT2D eigenvalue weighted by molar-refractivity contribution is -0.154. The zero-order valence-corrected chi connectivity index (χ0v) is 27.4. The van der Waals surface area contributed by atoms with Crippen LogP contribution in [-0.2, 0) is 28.7 Å². The molecule has 0 saturated carbocycles. The predicted octanol–water partition coefficient (Wildman–Crippen LogP) is 4.07. The van der Waals surface area contributed by atoms with Crippen molar-refractivity contribution in [1.82, 2.24) is 15.2 Å². The molecular formula is C32H27N5O7S3. The minimum Gasteiger partial charge on any atom is -0.465 e. The maximum atomic E-state index is 14.3. The van der Waals surface area contributed by atoms with Crippen molar-refractivity contribution < 1.29 is 33.5 Å². The standard InChI is InChI=1S/C32H27N5O7S3/c1-42-30(40)22-14-13-21(47-22)19-15-45-29-24(35-27(38)23(36-43-2)20-16-46-32(33)34-20)28(39)37(29)25(19)31(41)44-26(17-9-5-3-6-10-17)18-11-7-4-8-12-18/h3-14,16,24,26,29H,15H2,1-2H3,(H2,33,34)(H,35,38)/b36-23-/t24-,29-/m1/s1. The van der Waals surface area contributed by atoms with Crippen molar-refractivity contribution in [3.63, 3.8) is 0 Å². The van der Waals surface area contributed by atoms with Gasteiger partial charge >= 0.3 is 11.9 Å². The summed E-state index contributed by atoms with van der Waals surface area (Å²) >= 11 is 3.64. The smallest absolute Gasteiger partial charge is 0.356 e. The number of nitrogens with two attached hydrogens (primary N) is 1. The number of amides is 2. The van der Waals surface area contributed by atoms with E-state index in [1.807, 2.05) is 60.7 Å². The minimum absolute atomic E-state index is 0.0393. The molecule has 0 bridgehead atoms. The molecule has 4 aromatic rings. The number of esters is 2. The summed E-state index contributed by atoms with van der Waals surface area (Å²) < 4.78 is 11.1. The number of fused-ring (bicyclic) bond motifs is 1. The fourth-order valence-corrected chi connectivity index (χ4v) is 8.13. The number of nitrogens with zero attached hydrogens (tertiary/aromatic N) is 3. The number of thiazole rings is 1. The van der Waals surface area contributed by atoms with E-state index in [1.165, 1.54) is 30.9 Å². The number of carbonyl (C=O) groups is 4. The first-order valence-corrected chi connectivity index (χ1v) is 16.9. The van der Waals surface area contributed by atoms with Crippen molar-refractivity contribution in [2.45, 2.75) is 17.5 Å². The molecule has 12 nitrogen and oxygen atoms in total. The van der Waals surface area contributed by atoms with E-state index in [9.17, 15) is 19.2 Å². The molecule has 2 aliphatic rings. The van der Waals surface area contributed by atoms with Gasteiger partial charge in [-0.25, -0.2) is 14.6 Å². The highest BCUT2D eigenvalue weighted by Crippen LogP contribution is 2.45. The molecule has 0 unspecified atom stereocenters. The van der Waals surface area contributed by atoms with Crippen molar-refractivity contribution >= 4 is 74.6 Å². The topological polar surface area (TPSA) is 163 Å². The van der Waals surface area contributed by atoms with Crippen LogP contribution in [0.25, 0.3) is 5.57 Å². The van der Waals surface area contributed by atoms with Crippen LogP contribution in [0.15, 0.2) is 89.0 Å². The number of oxime groups is 1. The van der Waals surface area contributed by atoms with Crippen LogP contribution in [0.2, 0.25) is 0 Å². The maximum Gasteiger partial charge on any atom is 0.356 e. The third-order valence-corrected chi connectivity index (χ3v) is 10.4. The number of β-lactam (4-membered cyclic amide) rings is 1. The quantitative estimate of drug-likeness (QED) is 0.107. The molecule has 2 amide bonds. The maximum absolute atomic E-state index is 14.3. The fraction of sp³-hybridized carbons (Fsp3) is 0.188. The Morgan fingerprint density at radius 1 is 1.00 bits per heavy atom. The number of ether oxygens (including phenoxy) is 2. The third kappa shape index (κ3) is 6.37. The molecule has 0 radical (unpaired) electrons. The van der Waals surface area contributed by atoms with Crippen molar-refractivity contribution in [1.29, 1.82) is 0 Å². The van der Waals surface area contributed by atoms with Gasteiger partial charge in [0.15, 0.2) is 16.9 Å². The van der Waals surface area contributed by atoms with E-state index in [0.717, 1.165) is 33.8 Å². The van der Waals surface area contributed by atoms with Gasteiger partial charge in [0.25, 0.3) is 11.8 Å². The summed E-state index contributed by atoms with van der Waals surface area (Å²) in [6.45, 7) is 0. The number of benzene rings is 2. The molecule has 47 heavy (non-hydrogen) atoms. The average Bonchev–Trinajstić information content (AvgIpc) is 3.77. The first-order valence-electron chi connectivity index (χ1n) is 14.1. The minimum atomic E-state index is -0.983. The Bertz CT molecular complexity index is 1850. The lowest BCUT2D eigenvalue weighted by atomic mass is 10.00. The molecule has 4 heterocycles. The normalized spacial score (nSPS) is 17.6. The summed E-state index contributed by atoms with van der Waals surface area (Å²) in [5, 5.41) is 7.68. The van der Waals surface area contributed by atoms with Crippen LogP contribution in [0, 0.1) is 0 Å². The lowest BCUT2D eigenvalue weighted by Crippen LogP contribution is -2.71. The van der Waals surface area contributed by atoms with Gasteiger partial charge in [0, 0.05) is 21.6 Å². The molecule has 2 atom stereocenters. The number of methoxy groups -OCH3 is 1. The Labute approximate surface area is 281 Å². The van der Waals surface area contributed by atoms with Crippen LogP contribution in [0.3, 0.4) is 0 Å². The van der Waals surface area contributed by atoms with Gasteiger partial charge in [0.05, 0.1) is 7.11 Å². The summed E-state index contributed by atoms with van der Waals surface area (Å²) in [6, 6.07) is 20.9.